The fourth-order valence-electron chi connectivity index (χ4n) is 1.91. The van der Waals surface area contributed by atoms with E-state index in [9.17, 15) is 0 Å². The third-order valence-corrected chi connectivity index (χ3v) is 3.02. The zero-order chi connectivity index (χ0) is 11.6. The molecule has 0 aliphatic carbocycles. The Kier molecular flexibility index (Phi) is 7.81. The number of ether oxygens (including phenoxy) is 2. The van der Waals surface area contributed by atoms with Crippen LogP contribution in [0.4, 0.5) is 0 Å². The molecular formula is C13H27NO2. The molecule has 1 saturated heterocycles. The average molecular weight is 229 g/mol. The Morgan fingerprint density at radius 2 is 2.31 bits per heavy atom. The predicted molar refractivity (Wildman–Crippen MR) is 66.8 cm³/mol. The number of hydrogen-bond acceptors (Lipinski definition) is 3. The summed E-state index contributed by atoms with van der Waals surface area (Å²) in [7, 11) is 0. The third kappa shape index (κ3) is 6.46. The van der Waals surface area contributed by atoms with Crippen LogP contribution in [0.5, 0.6) is 0 Å². The van der Waals surface area contributed by atoms with Crippen LogP contribution in [-0.4, -0.2) is 38.5 Å². The Balaban J connectivity index is 1.90. The van der Waals surface area contributed by atoms with Gasteiger partial charge in [-0.25, -0.2) is 0 Å². The minimum atomic E-state index is 0.354. The van der Waals surface area contributed by atoms with Crippen molar-refractivity contribution in [2.75, 3.05) is 26.4 Å². The van der Waals surface area contributed by atoms with E-state index < -0.39 is 0 Å². The summed E-state index contributed by atoms with van der Waals surface area (Å²) in [4.78, 5) is 0. The molecule has 3 heteroatoms. The van der Waals surface area contributed by atoms with E-state index in [4.69, 9.17) is 9.47 Å². The summed E-state index contributed by atoms with van der Waals surface area (Å²) < 4.78 is 11.3. The molecule has 3 nitrogen and oxygen atoms in total. The van der Waals surface area contributed by atoms with Gasteiger partial charge in [-0.15, -0.1) is 0 Å². The van der Waals surface area contributed by atoms with Crippen LogP contribution >= 0.6 is 0 Å². The van der Waals surface area contributed by atoms with Crippen molar-refractivity contribution in [1.82, 2.24) is 5.32 Å². The van der Waals surface area contributed by atoms with Crippen LogP contribution in [0, 0.1) is 0 Å². The maximum Gasteiger partial charge on any atom is 0.0808 e. The fourth-order valence-corrected chi connectivity index (χ4v) is 1.91. The van der Waals surface area contributed by atoms with Crippen molar-refractivity contribution < 1.29 is 9.47 Å². The number of rotatable bonds is 8. The molecule has 1 rings (SSSR count). The molecule has 0 saturated carbocycles. The van der Waals surface area contributed by atoms with Crippen molar-refractivity contribution in [2.45, 2.75) is 58.1 Å². The summed E-state index contributed by atoms with van der Waals surface area (Å²) >= 11 is 0. The summed E-state index contributed by atoms with van der Waals surface area (Å²) in [6.45, 7) is 8.06. The standard InChI is InChI=1S/C13H27NO2/c1-3-8-14-12(2)7-10-15-11-13-6-4-5-9-16-13/h12-14H,3-11H2,1-2H3. The molecular weight excluding hydrogens is 202 g/mol. The van der Waals surface area contributed by atoms with Crippen LogP contribution in [0.3, 0.4) is 0 Å². The largest absolute Gasteiger partial charge is 0.379 e. The second kappa shape index (κ2) is 8.97. The van der Waals surface area contributed by atoms with Gasteiger partial charge in [0, 0.05) is 19.3 Å². The summed E-state index contributed by atoms with van der Waals surface area (Å²) in [6.07, 6.45) is 6.32. The summed E-state index contributed by atoms with van der Waals surface area (Å²) in [5, 5.41) is 3.46. The lowest BCUT2D eigenvalue weighted by atomic mass is 10.1. The average Bonchev–Trinajstić information content (AvgIpc) is 2.33. The first-order valence-corrected chi connectivity index (χ1v) is 6.75. The van der Waals surface area contributed by atoms with E-state index in [1.165, 1.54) is 25.7 Å². The van der Waals surface area contributed by atoms with Crippen LogP contribution in [0.25, 0.3) is 0 Å². The molecule has 96 valence electrons. The highest BCUT2D eigenvalue weighted by molar-refractivity contribution is 4.63. The Hall–Kier alpha value is -0.120. The topological polar surface area (TPSA) is 30.5 Å². The van der Waals surface area contributed by atoms with Crippen LogP contribution in [-0.2, 0) is 9.47 Å². The molecule has 16 heavy (non-hydrogen) atoms. The minimum Gasteiger partial charge on any atom is -0.379 e. The first-order chi connectivity index (χ1) is 7.83. The molecule has 0 amide bonds. The third-order valence-electron chi connectivity index (χ3n) is 3.02. The summed E-state index contributed by atoms with van der Waals surface area (Å²) in [6, 6.07) is 0.562. The van der Waals surface area contributed by atoms with E-state index >= 15 is 0 Å². The molecule has 0 spiro atoms. The Morgan fingerprint density at radius 1 is 1.44 bits per heavy atom. The highest BCUT2D eigenvalue weighted by atomic mass is 16.5. The summed E-state index contributed by atoms with van der Waals surface area (Å²) in [5.74, 6) is 0. The van der Waals surface area contributed by atoms with E-state index in [2.05, 4.69) is 19.2 Å². The maximum absolute atomic E-state index is 5.66. The highest BCUT2D eigenvalue weighted by Crippen LogP contribution is 2.12. The van der Waals surface area contributed by atoms with Gasteiger partial charge in [-0.1, -0.05) is 6.92 Å². The molecule has 0 aromatic carbocycles. The Morgan fingerprint density at radius 3 is 3.00 bits per heavy atom. The normalized spacial score (nSPS) is 23.2. The van der Waals surface area contributed by atoms with E-state index in [1.807, 2.05) is 0 Å². The van der Waals surface area contributed by atoms with Gasteiger partial charge >= 0.3 is 0 Å². The lowest BCUT2D eigenvalue weighted by Gasteiger charge is -2.22. The van der Waals surface area contributed by atoms with E-state index in [0.29, 0.717) is 12.1 Å². The van der Waals surface area contributed by atoms with Crippen molar-refractivity contribution in [1.29, 1.82) is 0 Å². The van der Waals surface area contributed by atoms with Gasteiger partial charge in [0.2, 0.25) is 0 Å². The van der Waals surface area contributed by atoms with Gasteiger partial charge in [-0.05, 0) is 45.6 Å². The van der Waals surface area contributed by atoms with Crippen LogP contribution < -0.4 is 5.32 Å². The van der Waals surface area contributed by atoms with Crippen LogP contribution in [0.15, 0.2) is 0 Å². The van der Waals surface area contributed by atoms with Crippen molar-refractivity contribution in [2.24, 2.45) is 0 Å². The highest BCUT2D eigenvalue weighted by Gasteiger charge is 2.13. The first-order valence-electron chi connectivity index (χ1n) is 6.75. The summed E-state index contributed by atoms with van der Waals surface area (Å²) in [5.41, 5.74) is 0. The maximum atomic E-state index is 5.66. The molecule has 0 bridgehead atoms. The van der Waals surface area contributed by atoms with Crippen molar-refractivity contribution in [3.8, 4) is 0 Å². The number of nitrogens with one attached hydrogen (secondary N) is 1. The SMILES string of the molecule is CCCNC(C)CCOCC1CCCCO1. The second-order valence-electron chi connectivity index (χ2n) is 4.71. The monoisotopic (exact) mass is 229 g/mol. The van der Waals surface area contributed by atoms with Crippen LogP contribution in [0.2, 0.25) is 0 Å². The number of hydrogen-bond donors (Lipinski definition) is 1. The molecule has 1 N–H and O–H groups in total. The van der Waals surface area contributed by atoms with E-state index in [0.717, 1.165) is 32.8 Å². The van der Waals surface area contributed by atoms with Gasteiger partial charge in [0.15, 0.2) is 0 Å². The molecule has 2 atom stereocenters. The van der Waals surface area contributed by atoms with Crippen molar-refractivity contribution in [3.05, 3.63) is 0 Å². The molecule has 0 aromatic heterocycles. The van der Waals surface area contributed by atoms with Crippen molar-refractivity contribution >= 4 is 0 Å². The van der Waals surface area contributed by atoms with Gasteiger partial charge in [0.05, 0.1) is 12.7 Å². The van der Waals surface area contributed by atoms with Gasteiger partial charge < -0.3 is 14.8 Å². The predicted octanol–water partition coefficient (Wildman–Crippen LogP) is 2.35. The Bertz CT molecular complexity index is 158. The molecule has 1 aliphatic heterocycles. The Labute approximate surface area is 99.9 Å². The molecule has 2 unspecified atom stereocenters. The van der Waals surface area contributed by atoms with Gasteiger partial charge in [-0.3, -0.25) is 0 Å². The van der Waals surface area contributed by atoms with E-state index in [1.54, 1.807) is 0 Å². The zero-order valence-corrected chi connectivity index (χ0v) is 10.8. The van der Waals surface area contributed by atoms with E-state index in [-0.39, 0.29) is 0 Å². The first kappa shape index (κ1) is 13.9. The fraction of sp³-hybridized carbons (Fsp3) is 1.00. The second-order valence-corrected chi connectivity index (χ2v) is 4.71. The smallest absolute Gasteiger partial charge is 0.0808 e. The molecule has 0 radical (unpaired) electrons. The minimum absolute atomic E-state index is 0.354. The quantitative estimate of drug-likeness (QED) is 0.648. The lowest BCUT2D eigenvalue weighted by molar-refractivity contribution is -0.0416. The molecule has 1 fully saturated rings. The zero-order valence-electron chi connectivity index (χ0n) is 10.8. The lowest BCUT2D eigenvalue weighted by Crippen LogP contribution is -2.29. The van der Waals surface area contributed by atoms with Gasteiger partial charge in [-0.2, -0.15) is 0 Å². The molecule has 0 aromatic rings. The van der Waals surface area contributed by atoms with Gasteiger partial charge in [0.25, 0.3) is 0 Å². The molecule has 1 aliphatic rings. The van der Waals surface area contributed by atoms with Crippen molar-refractivity contribution in [3.63, 3.8) is 0 Å². The van der Waals surface area contributed by atoms with Gasteiger partial charge in [0.1, 0.15) is 0 Å². The van der Waals surface area contributed by atoms with Crippen LogP contribution in [0.1, 0.15) is 46.0 Å². The molecule has 1 heterocycles.